The van der Waals surface area contributed by atoms with Gasteiger partial charge in [0.15, 0.2) is 0 Å². The minimum atomic E-state index is -0.490. The molecule has 0 aromatic carbocycles. The van der Waals surface area contributed by atoms with Crippen molar-refractivity contribution in [1.82, 2.24) is 0 Å². The molecule has 1 heterocycles. The van der Waals surface area contributed by atoms with Crippen LogP contribution in [0.15, 0.2) is 11.6 Å². The van der Waals surface area contributed by atoms with E-state index in [1.807, 2.05) is 0 Å². The first-order valence-electron chi connectivity index (χ1n) is 18.4. The molecule has 0 spiro atoms. The Labute approximate surface area is 277 Å². The number of hydrogen-bond donors (Lipinski definition) is 0. The highest BCUT2D eigenvalue weighted by Gasteiger charge is 2.70. The fourth-order valence-corrected chi connectivity index (χ4v) is 12.6. The minimum Gasteiger partial charge on any atom is -0.465 e. The third-order valence-electron chi connectivity index (χ3n) is 15.2. The molecule has 1 aliphatic heterocycles. The van der Waals surface area contributed by atoms with E-state index in [2.05, 4.69) is 47.6 Å². The maximum atomic E-state index is 14.4. The van der Waals surface area contributed by atoms with E-state index in [4.69, 9.17) is 18.9 Å². The van der Waals surface area contributed by atoms with Gasteiger partial charge in [-0.15, -0.1) is 0 Å². The maximum Gasteiger partial charge on any atom is 0.315 e. The summed E-state index contributed by atoms with van der Waals surface area (Å²) < 4.78 is 23.9. The molecular formula is C39H60O7. The van der Waals surface area contributed by atoms with Gasteiger partial charge in [0.1, 0.15) is 6.10 Å². The second-order valence-electron chi connectivity index (χ2n) is 17.6. The van der Waals surface area contributed by atoms with Crippen molar-refractivity contribution in [3.05, 3.63) is 11.6 Å². The van der Waals surface area contributed by atoms with E-state index in [1.54, 1.807) is 0 Å². The zero-order valence-electron chi connectivity index (χ0n) is 29.9. The number of ether oxygens (including phenoxy) is 4. The Balaban J connectivity index is 1.38. The Bertz CT molecular complexity index is 1250. The van der Waals surface area contributed by atoms with Crippen LogP contribution in [0.3, 0.4) is 0 Å². The standard InChI is InChI=1S/C39H60O7/c1-24-14-17-39(34(42)46-32-11-9-10-20-43-32)19-18-37(7)29(33(39)25(24)2)12-13-31-36(6)22-28(45-27(4)41)21-35(5,23-44-26(3)40)30(36)15-16-38(31,37)8/h12,24-25,28,30-33H,9-11,13-23H2,1-8H3/t24-,25+,28-,30?,31-,32?,33+,35?,36+,37-,38-,39+/m1/s1. The SMILES string of the molecule is CC(=O)OCC1(C)C[C@@H](OC(C)=O)C[C@@]2(C)C1CC[C@]1(C)[C@@H]2CC=C2[C@@H]3[C@@H](C)[C@H](C)CC[C@]3(C(=O)OC3CCCCO3)CC[C@]21C. The Morgan fingerprint density at radius 1 is 0.870 bits per heavy atom. The summed E-state index contributed by atoms with van der Waals surface area (Å²) in [6.07, 6.45) is 13.3. The van der Waals surface area contributed by atoms with Crippen molar-refractivity contribution in [2.45, 2.75) is 145 Å². The second-order valence-corrected chi connectivity index (χ2v) is 17.6. The van der Waals surface area contributed by atoms with Gasteiger partial charge in [-0.3, -0.25) is 14.4 Å². The zero-order valence-corrected chi connectivity index (χ0v) is 29.9. The number of fused-ring (bicyclic) bond motifs is 7. The van der Waals surface area contributed by atoms with Crippen molar-refractivity contribution in [1.29, 1.82) is 0 Å². The third kappa shape index (κ3) is 5.19. The molecule has 0 N–H and O–H groups in total. The van der Waals surface area contributed by atoms with Gasteiger partial charge >= 0.3 is 17.9 Å². The first-order valence-corrected chi connectivity index (χ1v) is 18.4. The summed E-state index contributed by atoms with van der Waals surface area (Å²) in [4.78, 5) is 38.6. The third-order valence-corrected chi connectivity index (χ3v) is 15.2. The van der Waals surface area contributed by atoms with Crippen LogP contribution in [0.4, 0.5) is 0 Å². The van der Waals surface area contributed by atoms with E-state index in [0.717, 1.165) is 70.6 Å². The maximum absolute atomic E-state index is 14.4. The summed E-state index contributed by atoms with van der Waals surface area (Å²) in [5, 5.41) is 0. The number of hydrogen-bond acceptors (Lipinski definition) is 7. The van der Waals surface area contributed by atoms with Crippen molar-refractivity contribution in [3.63, 3.8) is 0 Å². The van der Waals surface area contributed by atoms with Gasteiger partial charge in [-0.2, -0.15) is 0 Å². The molecule has 0 aromatic rings. The molecule has 6 aliphatic rings. The normalized spacial score (nSPS) is 48.3. The van der Waals surface area contributed by atoms with Gasteiger partial charge in [-0.05, 0) is 116 Å². The summed E-state index contributed by atoms with van der Waals surface area (Å²) in [6, 6.07) is 0. The molecule has 4 saturated carbocycles. The number of carbonyl (C=O) groups excluding carboxylic acids is 3. The highest BCUT2D eigenvalue weighted by atomic mass is 16.7. The summed E-state index contributed by atoms with van der Waals surface area (Å²) in [5.74, 6) is 1.32. The molecule has 46 heavy (non-hydrogen) atoms. The first-order chi connectivity index (χ1) is 21.6. The van der Waals surface area contributed by atoms with Crippen LogP contribution in [0.25, 0.3) is 0 Å². The van der Waals surface area contributed by atoms with Crippen LogP contribution in [0, 0.1) is 56.7 Å². The van der Waals surface area contributed by atoms with Gasteiger partial charge in [0, 0.05) is 25.7 Å². The largest absolute Gasteiger partial charge is 0.465 e. The molecule has 0 aromatic heterocycles. The molecule has 0 radical (unpaired) electrons. The van der Waals surface area contributed by atoms with Gasteiger partial charge in [0.25, 0.3) is 0 Å². The highest BCUT2D eigenvalue weighted by molar-refractivity contribution is 5.79. The Morgan fingerprint density at radius 3 is 2.30 bits per heavy atom. The first kappa shape index (κ1) is 34.0. The van der Waals surface area contributed by atoms with Gasteiger partial charge < -0.3 is 18.9 Å². The predicted octanol–water partition coefficient (Wildman–Crippen LogP) is 8.19. The van der Waals surface area contributed by atoms with Crippen LogP contribution >= 0.6 is 0 Å². The van der Waals surface area contributed by atoms with E-state index in [1.165, 1.54) is 19.4 Å². The molecular weight excluding hydrogens is 580 g/mol. The topological polar surface area (TPSA) is 88.1 Å². The number of carbonyl (C=O) groups is 3. The molecule has 0 bridgehead atoms. The molecule has 7 heteroatoms. The molecule has 7 nitrogen and oxygen atoms in total. The lowest BCUT2D eigenvalue weighted by Gasteiger charge is -2.71. The van der Waals surface area contributed by atoms with Crippen molar-refractivity contribution in [2.24, 2.45) is 56.7 Å². The number of allylic oxidation sites excluding steroid dienone is 2. The smallest absolute Gasteiger partial charge is 0.315 e. The monoisotopic (exact) mass is 640 g/mol. The van der Waals surface area contributed by atoms with Crippen LogP contribution in [-0.4, -0.2) is 43.5 Å². The van der Waals surface area contributed by atoms with E-state index in [-0.39, 0.29) is 51.6 Å². The second kappa shape index (κ2) is 11.9. The predicted molar refractivity (Wildman–Crippen MR) is 175 cm³/mol. The molecule has 5 aliphatic carbocycles. The fraction of sp³-hybridized carbons (Fsp3) is 0.872. The summed E-state index contributed by atoms with van der Waals surface area (Å²) in [5.41, 5.74) is 0.622. The molecule has 1 saturated heterocycles. The number of esters is 3. The van der Waals surface area contributed by atoms with Crippen LogP contribution < -0.4 is 0 Å². The average molecular weight is 641 g/mol. The minimum absolute atomic E-state index is 0.0196. The van der Waals surface area contributed by atoms with Crippen LogP contribution in [-0.2, 0) is 33.3 Å². The average Bonchev–Trinajstić information content (AvgIpc) is 2.98. The van der Waals surface area contributed by atoms with Gasteiger partial charge in [0.05, 0.1) is 18.6 Å². The van der Waals surface area contributed by atoms with Crippen LogP contribution in [0.5, 0.6) is 0 Å². The summed E-state index contributed by atoms with van der Waals surface area (Å²) >= 11 is 0. The Hall–Kier alpha value is -1.89. The lowest BCUT2D eigenvalue weighted by molar-refractivity contribution is -0.224. The van der Waals surface area contributed by atoms with Crippen LogP contribution in [0.1, 0.15) is 132 Å². The molecule has 5 fully saturated rings. The molecule has 258 valence electrons. The van der Waals surface area contributed by atoms with E-state index in [0.29, 0.717) is 43.3 Å². The van der Waals surface area contributed by atoms with Crippen LogP contribution in [0.2, 0.25) is 0 Å². The van der Waals surface area contributed by atoms with Gasteiger partial charge in [-0.1, -0.05) is 53.2 Å². The lowest BCUT2D eigenvalue weighted by atomic mass is 9.33. The number of rotatable bonds is 5. The fourth-order valence-electron chi connectivity index (χ4n) is 12.6. The molecule has 12 atom stereocenters. The van der Waals surface area contributed by atoms with Crippen molar-refractivity contribution < 1.29 is 33.3 Å². The summed E-state index contributed by atoms with van der Waals surface area (Å²) in [7, 11) is 0. The lowest BCUT2D eigenvalue weighted by Crippen LogP contribution is -2.66. The highest BCUT2D eigenvalue weighted by Crippen LogP contribution is 2.76. The van der Waals surface area contributed by atoms with Crippen molar-refractivity contribution in [3.8, 4) is 0 Å². The Morgan fingerprint density at radius 2 is 1.63 bits per heavy atom. The molecule has 0 amide bonds. The van der Waals surface area contributed by atoms with Crippen molar-refractivity contribution in [2.75, 3.05) is 13.2 Å². The van der Waals surface area contributed by atoms with E-state index >= 15 is 0 Å². The molecule has 6 rings (SSSR count). The van der Waals surface area contributed by atoms with Gasteiger partial charge in [-0.25, -0.2) is 0 Å². The summed E-state index contributed by atoms with van der Waals surface area (Å²) in [6.45, 7) is 18.5. The Kier molecular flexibility index (Phi) is 8.80. The zero-order chi connectivity index (χ0) is 33.3. The molecule has 3 unspecified atom stereocenters. The quantitative estimate of drug-likeness (QED) is 0.170. The van der Waals surface area contributed by atoms with Crippen molar-refractivity contribution >= 4 is 17.9 Å². The van der Waals surface area contributed by atoms with E-state index in [9.17, 15) is 14.4 Å². The van der Waals surface area contributed by atoms with E-state index < -0.39 is 11.7 Å². The van der Waals surface area contributed by atoms with Gasteiger partial charge in [0.2, 0.25) is 6.29 Å².